The molecule has 0 aliphatic rings. The van der Waals surface area contributed by atoms with Crippen LogP contribution in [0.15, 0.2) is 27.6 Å². The summed E-state index contributed by atoms with van der Waals surface area (Å²) in [6.07, 6.45) is 0. The third-order valence-electron chi connectivity index (χ3n) is 2.32. The average molecular weight is 356 g/mol. The zero-order valence-corrected chi connectivity index (χ0v) is 13.4. The van der Waals surface area contributed by atoms with Gasteiger partial charge in [0.1, 0.15) is 4.90 Å². The second kappa shape index (κ2) is 6.86. The van der Waals surface area contributed by atoms with Gasteiger partial charge in [0.15, 0.2) is 0 Å². The summed E-state index contributed by atoms with van der Waals surface area (Å²) in [5.74, 6) is 0. The van der Waals surface area contributed by atoms with Gasteiger partial charge in [0, 0.05) is 17.1 Å². The molecule has 0 fully saturated rings. The SMILES string of the molecule is CCN[C@H](C)CNS(=O)(=O)c1c(Cl)cccc1Br. The molecule has 0 aliphatic carbocycles. The summed E-state index contributed by atoms with van der Waals surface area (Å²) in [7, 11) is -3.60. The highest BCUT2D eigenvalue weighted by atomic mass is 79.9. The summed E-state index contributed by atoms with van der Waals surface area (Å²) in [6, 6.07) is 4.95. The van der Waals surface area contributed by atoms with Crippen LogP contribution in [0.1, 0.15) is 13.8 Å². The number of benzene rings is 1. The minimum absolute atomic E-state index is 0.0611. The maximum Gasteiger partial charge on any atom is 0.243 e. The van der Waals surface area contributed by atoms with Gasteiger partial charge in [-0.3, -0.25) is 0 Å². The monoisotopic (exact) mass is 354 g/mol. The Hall–Kier alpha value is -0.140. The van der Waals surface area contributed by atoms with Gasteiger partial charge in [-0.15, -0.1) is 0 Å². The quantitative estimate of drug-likeness (QED) is 0.824. The minimum atomic E-state index is -3.60. The number of nitrogens with one attached hydrogen (secondary N) is 2. The molecular formula is C11H16BrClN2O2S. The smallest absolute Gasteiger partial charge is 0.243 e. The zero-order valence-electron chi connectivity index (χ0n) is 10.2. The van der Waals surface area contributed by atoms with Crippen molar-refractivity contribution in [1.82, 2.24) is 10.0 Å². The molecule has 0 saturated heterocycles. The summed E-state index contributed by atoms with van der Waals surface area (Å²) in [5, 5.41) is 3.33. The maximum atomic E-state index is 12.1. The average Bonchev–Trinajstić information content (AvgIpc) is 2.26. The Morgan fingerprint density at radius 1 is 1.44 bits per heavy atom. The van der Waals surface area contributed by atoms with Crippen LogP contribution in [0.2, 0.25) is 5.02 Å². The highest BCUT2D eigenvalue weighted by molar-refractivity contribution is 9.10. The lowest BCUT2D eigenvalue weighted by Crippen LogP contribution is -2.38. The molecule has 0 aliphatic heterocycles. The van der Waals surface area contributed by atoms with Gasteiger partial charge < -0.3 is 5.32 Å². The van der Waals surface area contributed by atoms with Crippen molar-refractivity contribution < 1.29 is 8.42 Å². The van der Waals surface area contributed by atoms with Gasteiger partial charge in [-0.1, -0.05) is 24.6 Å². The molecule has 2 N–H and O–H groups in total. The first kappa shape index (κ1) is 15.9. The van der Waals surface area contributed by atoms with Crippen molar-refractivity contribution in [3.05, 3.63) is 27.7 Å². The number of likely N-dealkylation sites (N-methyl/N-ethyl adjacent to an activating group) is 1. The molecule has 4 nitrogen and oxygen atoms in total. The Balaban J connectivity index is 2.87. The fourth-order valence-electron chi connectivity index (χ4n) is 1.47. The van der Waals surface area contributed by atoms with Crippen LogP contribution in [0.25, 0.3) is 0 Å². The number of rotatable bonds is 6. The Kier molecular flexibility index (Phi) is 6.07. The van der Waals surface area contributed by atoms with E-state index in [1.807, 2.05) is 13.8 Å². The molecule has 0 radical (unpaired) electrons. The molecule has 0 spiro atoms. The molecule has 0 unspecified atom stereocenters. The summed E-state index contributed by atoms with van der Waals surface area (Å²) >= 11 is 9.13. The van der Waals surface area contributed by atoms with Crippen LogP contribution in [-0.2, 0) is 10.0 Å². The largest absolute Gasteiger partial charge is 0.313 e. The van der Waals surface area contributed by atoms with Gasteiger partial charge in [0.05, 0.1) is 5.02 Å². The van der Waals surface area contributed by atoms with E-state index in [4.69, 9.17) is 11.6 Å². The van der Waals surface area contributed by atoms with E-state index in [1.54, 1.807) is 18.2 Å². The molecule has 0 amide bonds. The second-order valence-corrected chi connectivity index (χ2v) is 6.83. The molecule has 1 aromatic carbocycles. The highest BCUT2D eigenvalue weighted by Crippen LogP contribution is 2.28. The molecule has 102 valence electrons. The fourth-order valence-corrected chi connectivity index (χ4v) is 4.33. The van der Waals surface area contributed by atoms with Gasteiger partial charge >= 0.3 is 0 Å². The topological polar surface area (TPSA) is 58.2 Å². The van der Waals surface area contributed by atoms with Crippen LogP contribution in [0, 0.1) is 0 Å². The Morgan fingerprint density at radius 3 is 2.67 bits per heavy atom. The standard InChI is InChI=1S/C11H16BrClN2O2S/c1-3-14-8(2)7-15-18(16,17)11-9(12)5-4-6-10(11)13/h4-6,8,14-15H,3,7H2,1-2H3/t8-/m1/s1. The predicted molar refractivity (Wildman–Crippen MR) is 77.5 cm³/mol. The predicted octanol–water partition coefficient (Wildman–Crippen LogP) is 2.38. The van der Waals surface area contributed by atoms with E-state index < -0.39 is 10.0 Å². The zero-order chi connectivity index (χ0) is 13.8. The fraction of sp³-hybridized carbons (Fsp3) is 0.455. The van der Waals surface area contributed by atoms with E-state index in [0.29, 0.717) is 11.0 Å². The number of hydrogen-bond donors (Lipinski definition) is 2. The van der Waals surface area contributed by atoms with Crippen molar-refractivity contribution in [3.63, 3.8) is 0 Å². The van der Waals surface area contributed by atoms with Crippen molar-refractivity contribution in [2.75, 3.05) is 13.1 Å². The lowest BCUT2D eigenvalue weighted by Gasteiger charge is -2.14. The van der Waals surface area contributed by atoms with Crippen LogP contribution in [0.5, 0.6) is 0 Å². The Morgan fingerprint density at radius 2 is 2.11 bits per heavy atom. The van der Waals surface area contributed by atoms with Crippen molar-refractivity contribution in [1.29, 1.82) is 0 Å². The summed E-state index contributed by atoms with van der Waals surface area (Å²) in [4.78, 5) is 0.0790. The van der Waals surface area contributed by atoms with Crippen molar-refractivity contribution in [2.45, 2.75) is 24.8 Å². The molecule has 0 saturated carbocycles. The van der Waals surface area contributed by atoms with Crippen molar-refractivity contribution in [3.8, 4) is 0 Å². The van der Waals surface area contributed by atoms with Gasteiger partial charge in [0.25, 0.3) is 0 Å². The van der Waals surface area contributed by atoms with E-state index in [1.165, 1.54) is 0 Å². The van der Waals surface area contributed by atoms with Gasteiger partial charge in [-0.25, -0.2) is 13.1 Å². The van der Waals surface area contributed by atoms with Crippen LogP contribution in [0.4, 0.5) is 0 Å². The highest BCUT2D eigenvalue weighted by Gasteiger charge is 2.21. The first-order chi connectivity index (χ1) is 8.38. The summed E-state index contributed by atoms with van der Waals surface area (Å²) < 4.78 is 27.3. The molecule has 0 aromatic heterocycles. The summed E-state index contributed by atoms with van der Waals surface area (Å²) in [5.41, 5.74) is 0. The van der Waals surface area contributed by atoms with Crippen LogP contribution < -0.4 is 10.0 Å². The van der Waals surface area contributed by atoms with E-state index in [0.717, 1.165) is 6.54 Å². The normalized spacial score (nSPS) is 13.6. The van der Waals surface area contributed by atoms with E-state index >= 15 is 0 Å². The van der Waals surface area contributed by atoms with Crippen molar-refractivity contribution in [2.24, 2.45) is 0 Å². The molecule has 0 heterocycles. The van der Waals surface area contributed by atoms with E-state index in [-0.39, 0.29) is 16.0 Å². The Labute approximate surface area is 121 Å². The van der Waals surface area contributed by atoms with Gasteiger partial charge in [0.2, 0.25) is 10.0 Å². The Bertz CT molecular complexity index is 488. The van der Waals surface area contributed by atoms with Crippen molar-refractivity contribution >= 4 is 37.6 Å². The van der Waals surface area contributed by atoms with Gasteiger partial charge in [-0.2, -0.15) is 0 Å². The molecule has 1 aromatic rings. The first-order valence-corrected chi connectivity index (χ1v) is 8.21. The number of halogens is 2. The summed E-state index contributed by atoms with van der Waals surface area (Å²) in [6.45, 7) is 4.98. The second-order valence-electron chi connectivity index (χ2n) is 3.86. The molecule has 18 heavy (non-hydrogen) atoms. The van der Waals surface area contributed by atoms with Gasteiger partial charge in [-0.05, 0) is 41.5 Å². The molecular weight excluding hydrogens is 340 g/mol. The minimum Gasteiger partial charge on any atom is -0.313 e. The lowest BCUT2D eigenvalue weighted by molar-refractivity contribution is 0.536. The number of hydrogen-bond acceptors (Lipinski definition) is 3. The number of sulfonamides is 1. The third kappa shape index (κ3) is 4.20. The van der Waals surface area contributed by atoms with Crippen LogP contribution in [-0.4, -0.2) is 27.5 Å². The molecule has 1 rings (SSSR count). The molecule has 0 bridgehead atoms. The van der Waals surface area contributed by atoms with E-state index in [2.05, 4.69) is 26.0 Å². The van der Waals surface area contributed by atoms with Crippen LogP contribution in [0.3, 0.4) is 0 Å². The lowest BCUT2D eigenvalue weighted by atomic mass is 10.3. The maximum absolute atomic E-state index is 12.1. The molecule has 7 heteroatoms. The third-order valence-corrected chi connectivity index (χ3v) is 5.19. The van der Waals surface area contributed by atoms with Crippen LogP contribution >= 0.6 is 27.5 Å². The molecule has 1 atom stereocenters. The first-order valence-electron chi connectivity index (χ1n) is 5.55. The van der Waals surface area contributed by atoms with E-state index in [9.17, 15) is 8.42 Å².